The number of carbonyl (C=O) groups is 3. The summed E-state index contributed by atoms with van der Waals surface area (Å²) in [5, 5.41) is 11.1. The van der Waals surface area contributed by atoms with Gasteiger partial charge in [-0.05, 0) is 122 Å². The van der Waals surface area contributed by atoms with Gasteiger partial charge in [0.15, 0.2) is 23.5 Å². The van der Waals surface area contributed by atoms with Crippen molar-refractivity contribution in [3.05, 3.63) is 104 Å². The molecule has 0 saturated heterocycles. The minimum absolute atomic E-state index is 0. The quantitative estimate of drug-likeness (QED) is 0.0696. The number of aromatic nitrogens is 4. The summed E-state index contributed by atoms with van der Waals surface area (Å²) >= 11 is 0. The molecular formula is C52H66MgN4O5+2. The molecule has 0 fully saturated rings. The zero-order valence-electron chi connectivity index (χ0n) is 39.0. The Labute approximate surface area is 384 Å². The zero-order chi connectivity index (χ0) is 44.3. The van der Waals surface area contributed by atoms with Crippen LogP contribution in [-0.4, -0.2) is 52.8 Å². The third-order valence-corrected chi connectivity index (χ3v) is 12.5. The largest absolute Gasteiger partial charge is 2.00 e. The van der Waals surface area contributed by atoms with Gasteiger partial charge in [-0.1, -0.05) is 74.6 Å². The van der Waals surface area contributed by atoms with E-state index in [9.17, 15) is 19.5 Å². The van der Waals surface area contributed by atoms with Gasteiger partial charge in [0.1, 0.15) is 6.61 Å². The van der Waals surface area contributed by atoms with Crippen molar-refractivity contribution in [3.63, 3.8) is 0 Å². The van der Waals surface area contributed by atoms with E-state index in [1.165, 1.54) is 16.7 Å². The van der Waals surface area contributed by atoms with Crippen LogP contribution in [0.15, 0.2) is 53.1 Å². The molecule has 1 aliphatic carbocycles. The van der Waals surface area contributed by atoms with Crippen molar-refractivity contribution < 1.29 is 34.2 Å². The van der Waals surface area contributed by atoms with Gasteiger partial charge in [0.2, 0.25) is 11.4 Å². The molecule has 0 radical (unpaired) electrons. The van der Waals surface area contributed by atoms with E-state index in [0.717, 1.165) is 71.3 Å². The first-order valence-corrected chi connectivity index (χ1v) is 22.2. The second kappa shape index (κ2) is 20.4. The molecule has 3 N–H and O–H groups in total. The van der Waals surface area contributed by atoms with Crippen LogP contribution in [0.1, 0.15) is 188 Å². The first-order chi connectivity index (χ1) is 28.9. The van der Waals surface area contributed by atoms with Crippen LogP contribution in [0.4, 0.5) is 0 Å². The SMILES string of the molecule is CCc1c2c3[n-]c1cc1[nH+]c(cc4[n-]c(cc5[nH+]c(c3CC2=O)[C@@H](CCC(=O)OC/C=C(\C)CC/C=C(\C)CCC=C(C)C)[C@@H]5C)c(C)c4C(C)O)C(C=O)=C1CC(C)(C)C.[Mg+2]. The predicted octanol–water partition coefficient (Wildman–Crippen LogP) is 9.87. The van der Waals surface area contributed by atoms with Crippen molar-refractivity contribution in [1.82, 2.24) is 9.97 Å². The maximum atomic E-state index is 14.0. The number of allylic oxidation sites excluding steroid dienone is 7. The fraction of sp³-hybridized carbons (Fsp3) is 0.481. The molecule has 10 heteroatoms. The number of Topliss-reactive ketones (excluding diaryl/α,β-unsaturated/α-hetero) is 1. The molecule has 9 nitrogen and oxygen atoms in total. The number of ether oxygens (including phenoxy) is 1. The number of ketones is 1. The fourth-order valence-corrected chi connectivity index (χ4v) is 9.21. The molecule has 3 aliphatic rings. The van der Waals surface area contributed by atoms with Crippen molar-refractivity contribution >= 4 is 74.3 Å². The number of H-pyrrole nitrogens is 2. The fourth-order valence-electron chi connectivity index (χ4n) is 9.21. The molecule has 3 aromatic heterocycles. The van der Waals surface area contributed by atoms with Gasteiger partial charge in [0.25, 0.3) is 0 Å². The summed E-state index contributed by atoms with van der Waals surface area (Å²) in [5.74, 6) is -0.387. The number of aliphatic hydroxyl groups excluding tert-OH is 1. The van der Waals surface area contributed by atoms with E-state index < -0.39 is 6.10 Å². The molecular weight excluding hydrogens is 785 g/mol. The van der Waals surface area contributed by atoms with E-state index in [0.29, 0.717) is 63.7 Å². The monoisotopic (exact) mass is 850 g/mol. The van der Waals surface area contributed by atoms with Crippen molar-refractivity contribution in [2.24, 2.45) is 5.41 Å². The van der Waals surface area contributed by atoms with Gasteiger partial charge in [-0.2, -0.15) is 0 Å². The Morgan fingerprint density at radius 2 is 1.63 bits per heavy atom. The Morgan fingerprint density at radius 1 is 0.952 bits per heavy atom. The maximum Gasteiger partial charge on any atom is 2.00 e. The number of hydrogen-bond donors (Lipinski definition) is 1. The Kier molecular flexibility index (Phi) is 16.0. The molecule has 8 bridgehead atoms. The number of aryl methyl sites for hydroxylation is 2. The second-order valence-corrected chi connectivity index (χ2v) is 18.9. The number of carbonyl (C=O) groups excluding carboxylic acids is 3. The van der Waals surface area contributed by atoms with Crippen LogP contribution in [0.5, 0.6) is 0 Å². The molecule has 5 heterocycles. The van der Waals surface area contributed by atoms with Gasteiger partial charge in [0, 0.05) is 29.5 Å². The number of nitrogens with zero attached hydrogens (tertiary/aromatic N) is 2. The number of aromatic amines is 2. The summed E-state index contributed by atoms with van der Waals surface area (Å²) in [6.45, 7) is 23.1. The van der Waals surface area contributed by atoms with Crippen LogP contribution in [0, 0.1) is 12.3 Å². The number of aldehydes is 1. The molecule has 0 amide bonds. The van der Waals surface area contributed by atoms with Gasteiger partial charge >= 0.3 is 29.0 Å². The maximum absolute atomic E-state index is 14.0. The molecule has 324 valence electrons. The Hall–Kier alpha value is -4.38. The van der Waals surface area contributed by atoms with Crippen LogP contribution in [0.3, 0.4) is 0 Å². The van der Waals surface area contributed by atoms with Gasteiger partial charge in [0.05, 0.1) is 23.5 Å². The molecule has 62 heavy (non-hydrogen) atoms. The molecule has 6 rings (SSSR count). The van der Waals surface area contributed by atoms with Crippen molar-refractivity contribution in [2.45, 2.75) is 152 Å². The van der Waals surface area contributed by atoms with E-state index in [4.69, 9.17) is 14.7 Å². The average Bonchev–Trinajstić information content (AvgIpc) is 3.94. The van der Waals surface area contributed by atoms with Crippen LogP contribution < -0.4 is 19.9 Å². The van der Waals surface area contributed by atoms with Gasteiger partial charge < -0.3 is 19.8 Å². The summed E-state index contributed by atoms with van der Waals surface area (Å²) in [7, 11) is 0. The van der Waals surface area contributed by atoms with Crippen molar-refractivity contribution in [1.29, 1.82) is 0 Å². The first kappa shape index (κ1) is 48.6. The molecule has 3 aromatic rings. The van der Waals surface area contributed by atoms with Crippen molar-refractivity contribution in [2.75, 3.05) is 6.61 Å². The summed E-state index contributed by atoms with van der Waals surface area (Å²) in [6, 6.07) is 5.88. The van der Waals surface area contributed by atoms with E-state index >= 15 is 0 Å². The standard InChI is InChI=1S/C52H65N4O5.Mg/c1-12-35-42-25-43-38(27-52(9,10)11)39(28-57)44(54-43)26-45-48(34(8)58)33(7)41(53-45)24-40-32(6)36(50(55-40)37-23-46(59)49(35)51(37)56-42)19-20-47(60)61-22-21-31(5)18-14-17-30(4)16-13-15-29(2)3;/h15,17,21,24-26,28,32,34,36,58H,12-14,16,18-20,22-23,27H2,1-11H3,(H-,53,54,55,56,57,59);/q-1;+2/p+1/b30-17+,31-21+;/t32-,34?,36-;/m0./s1. The zero-order valence-corrected chi connectivity index (χ0v) is 40.4. The third-order valence-electron chi connectivity index (χ3n) is 12.5. The van der Waals surface area contributed by atoms with E-state index in [1.54, 1.807) is 6.92 Å². The Bertz CT molecular complexity index is 2520. The minimum atomic E-state index is -0.808. The number of rotatable bonds is 15. The van der Waals surface area contributed by atoms with Crippen LogP contribution >= 0.6 is 0 Å². The molecule has 0 saturated carbocycles. The Morgan fingerprint density at radius 3 is 2.27 bits per heavy atom. The summed E-state index contributed by atoms with van der Waals surface area (Å²) in [6.07, 6.45) is 12.9. The minimum Gasteiger partial charge on any atom is -0.657 e. The molecule has 1 unspecified atom stereocenters. The van der Waals surface area contributed by atoms with Gasteiger partial charge in [-0.15, -0.1) is 22.1 Å². The number of aliphatic hydroxyl groups is 1. The number of esters is 1. The van der Waals surface area contributed by atoms with Gasteiger partial charge in [-0.3, -0.25) is 14.4 Å². The second-order valence-electron chi connectivity index (χ2n) is 18.9. The van der Waals surface area contributed by atoms with Crippen LogP contribution in [-0.2, 0) is 27.2 Å². The van der Waals surface area contributed by atoms with E-state index in [2.05, 4.69) is 77.5 Å². The molecule has 3 atom stereocenters. The third kappa shape index (κ3) is 10.9. The van der Waals surface area contributed by atoms with Gasteiger partial charge in [-0.25, -0.2) is 9.97 Å². The first-order valence-electron chi connectivity index (χ1n) is 22.2. The summed E-state index contributed by atoms with van der Waals surface area (Å²) in [4.78, 5) is 57.7. The number of hydrogen-bond acceptors (Lipinski definition) is 5. The van der Waals surface area contributed by atoms with Crippen LogP contribution in [0.2, 0.25) is 0 Å². The number of nitrogens with one attached hydrogen (secondary N) is 2. The van der Waals surface area contributed by atoms with E-state index in [-0.39, 0.29) is 71.5 Å². The van der Waals surface area contributed by atoms with Crippen LogP contribution in [0.25, 0.3) is 33.2 Å². The predicted molar refractivity (Wildman–Crippen MR) is 249 cm³/mol. The Balaban J connectivity index is 0.00000726. The summed E-state index contributed by atoms with van der Waals surface area (Å²) in [5.41, 5.74) is 15.1. The average molecular weight is 851 g/mol. The molecule has 0 aromatic carbocycles. The number of fused-ring (bicyclic) bond motifs is 8. The van der Waals surface area contributed by atoms with E-state index in [1.807, 2.05) is 38.1 Å². The molecule has 0 spiro atoms. The smallest absolute Gasteiger partial charge is 0.657 e. The summed E-state index contributed by atoms with van der Waals surface area (Å²) < 4.78 is 5.75. The normalized spacial score (nSPS) is 17.0. The topological polar surface area (TPSA) is 137 Å². The molecule has 2 aliphatic heterocycles. The van der Waals surface area contributed by atoms with Crippen molar-refractivity contribution in [3.8, 4) is 0 Å².